The molecule has 0 heterocycles. The summed E-state index contributed by atoms with van der Waals surface area (Å²) < 4.78 is 0. The third kappa shape index (κ3) is 2.50. The second-order valence-electron chi connectivity index (χ2n) is 4.51. The molecule has 0 saturated heterocycles. The van der Waals surface area contributed by atoms with Gasteiger partial charge in [0, 0.05) is 0 Å². The normalized spacial score (nSPS) is 32.5. The smallest absolute Gasteiger partial charge is 0.0300 e. The summed E-state index contributed by atoms with van der Waals surface area (Å²) in [5.74, 6) is 0.822. The molecule has 2 atom stereocenters. The Balaban J connectivity index is 2.47. The van der Waals surface area contributed by atoms with E-state index in [4.69, 9.17) is 0 Å². The van der Waals surface area contributed by atoms with Gasteiger partial charge in [-0.15, -0.1) is 0 Å². The van der Waals surface area contributed by atoms with E-state index in [-0.39, 0.29) is 0 Å². The van der Waals surface area contributed by atoms with Crippen molar-refractivity contribution in [1.29, 1.82) is 0 Å². The maximum absolute atomic E-state index is 4.31. The molecule has 0 aromatic heterocycles. The molecule has 1 aliphatic carbocycles. The molecule has 0 spiro atoms. The maximum atomic E-state index is 4.31. The highest BCUT2D eigenvalue weighted by molar-refractivity contribution is 4.83. The molecule has 65 valence electrons. The van der Waals surface area contributed by atoms with E-state index < -0.39 is 0 Å². The van der Waals surface area contributed by atoms with E-state index in [0.29, 0.717) is 5.41 Å². The van der Waals surface area contributed by atoms with E-state index in [2.05, 4.69) is 20.8 Å². The summed E-state index contributed by atoms with van der Waals surface area (Å²) in [6.45, 7) is 8.99. The minimum absolute atomic E-state index is 0.362. The van der Waals surface area contributed by atoms with Crippen molar-refractivity contribution in [3.8, 4) is 0 Å². The van der Waals surface area contributed by atoms with Crippen molar-refractivity contribution >= 4 is 0 Å². The minimum atomic E-state index is 0.362. The SMILES string of the molecule is [CH2]C1(C)CCCCCCC1C. The van der Waals surface area contributed by atoms with Crippen molar-refractivity contribution in [2.45, 2.75) is 52.4 Å². The summed E-state index contributed by atoms with van der Waals surface area (Å²) in [4.78, 5) is 0. The topological polar surface area (TPSA) is 0 Å². The zero-order valence-electron chi connectivity index (χ0n) is 8.03. The van der Waals surface area contributed by atoms with Crippen LogP contribution >= 0.6 is 0 Å². The Labute approximate surface area is 71.4 Å². The second kappa shape index (κ2) is 3.60. The van der Waals surface area contributed by atoms with Crippen LogP contribution < -0.4 is 0 Å². The van der Waals surface area contributed by atoms with E-state index in [9.17, 15) is 0 Å². The number of hydrogen-bond acceptors (Lipinski definition) is 0. The van der Waals surface area contributed by atoms with Crippen LogP contribution in [0.4, 0.5) is 0 Å². The van der Waals surface area contributed by atoms with Crippen molar-refractivity contribution in [1.82, 2.24) is 0 Å². The molecule has 0 N–H and O–H groups in total. The van der Waals surface area contributed by atoms with Crippen LogP contribution in [-0.2, 0) is 0 Å². The van der Waals surface area contributed by atoms with Gasteiger partial charge in [0.2, 0.25) is 0 Å². The highest BCUT2D eigenvalue weighted by atomic mass is 14.3. The Kier molecular flexibility index (Phi) is 2.98. The van der Waals surface area contributed by atoms with Crippen LogP contribution in [0.25, 0.3) is 0 Å². The lowest BCUT2D eigenvalue weighted by atomic mass is 9.72. The standard InChI is InChI=1S/C11H21/c1-10-8-6-4-5-7-9-11(10,2)3/h10H,2,4-9H2,1,3H3. The van der Waals surface area contributed by atoms with Gasteiger partial charge in [0.15, 0.2) is 0 Å². The van der Waals surface area contributed by atoms with Crippen LogP contribution in [0.2, 0.25) is 0 Å². The lowest BCUT2D eigenvalue weighted by Crippen LogP contribution is -2.23. The third-order valence-corrected chi connectivity index (χ3v) is 3.32. The van der Waals surface area contributed by atoms with E-state index in [1.807, 2.05) is 0 Å². The average molecular weight is 153 g/mol. The molecule has 1 aliphatic rings. The summed E-state index contributed by atoms with van der Waals surface area (Å²) >= 11 is 0. The molecule has 1 rings (SSSR count). The van der Waals surface area contributed by atoms with Gasteiger partial charge in [-0.2, -0.15) is 0 Å². The van der Waals surface area contributed by atoms with Gasteiger partial charge >= 0.3 is 0 Å². The van der Waals surface area contributed by atoms with Crippen LogP contribution in [0.1, 0.15) is 52.4 Å². The van der Waals surface area contributed by atoms with E-state index in [0.717, 1.165) is 5.92 Å². The molecular formula is C11H21. The molecular weight excluding hydrogens is 132 g/mol. The molecule has 0 aromatic rings. The highest BCUT2D eigenvalue weighted by Gasteiger charge is 2.25. The minimum Gasteiger partial charge on any atom is -0.0620 e. The summed E-state index contributed by atoms with van der Waals surface area (Å²) in [6, 6.07) is 0. The fourth-order valence-electron chi connectivity index (χ4n) is 1.93. The zero-order valence-corrected chi connectivity index (χ0v) is 8.03. The molecule has 0 heteroatoms. The van der Waals surface area contributed by atoms with Gasteiger partial charge < -0.3 is 0 Å². The van der Waals surface area contributed by atoms with E-state index in [1.54, 1.807) is 0 Å². The van der Waals surface area contributed by atoms with Crippen molar-refractivity contribution < 1.29 is 0 Å². The van der Waals surface area contributed by atoms with Gasteiger partial charge in [0.25, 0.3) is 0 Å². The van der Waals surface area contributed by atoms with E-state index in [1.165, 1.54) is 38.5 Å². The van der Waals surface area contributed by atoms with Gasteiger partial charge in [-0.25, -0.2) is 0 Å². The van der Waals surface area contributed by atoms with Gasteiger partial charge in [-0.1, -0.05) is 46.0 Å². The fraction of sp³-hybridized carbons (Fsp3) is 0.909. The molecule has 0 amide bonds. The average Bonchev–Trinajstić information content (AvgIpc) is 1.93. The lowest BCUT2D eigenvalue weighted by molar-refractivity contribution is 0.210. The Morgan fingerprint density at radius 3 is 2.55 bits per heavy atom. The summed E-state index contributed by atoms with van der Waals surface area (Å²) in [5.41, 5.74) is 0.362. The summed E-state index contributed by atoms with van der Waals surface area (Å²) in [6.07, 6.45) is 8.41. The molecule has 2 unspecified atom stereocenters. The first-order valence-electron chi connectivity index (χ1n) is 4.98. The fourth-order valence-corrected chi connectivity index (χ4v) is 1.93. The van der Waals surface area contributed by atoms with Crippen molar-refractivity contribution in [3.05, 3.63) is 6.92 Å². The molecule has 1 fully saturated rings. The van der Waals surface area contributed by atoms with Crippen molar-refractivity contribution in [2.24, 2.45) is 11.3 Å². The van der Waals surface area contributed by atoms with Crippen molar-refractivity contribution in [2.75, 3.05) is 0 Å². The van der Waals surface area contributed by atoms with Crippen LogP contribution in [0, 0.1) is 18.3 Å². The Morgan fingerprint density at radius 1 is 1.18 bits per heavy atom. The Morgan fingerprint density at radius 2 is 1.82 bits per heavy atom. The first kappa shape index (κ1) is 9.09. The zero-order chi connectivity index (χ0) is 8.32. The molecule has 1 saturated carbocycles. The maximum Gasteiger partial charge on any atom is -0.0300 e. The molecule has 0 bridgehead atoms. The van der Waals surface area contributed by atoms with Crippen LogP contribution in [0.15, 0.2) is 0 Å². The van der Waals surface area contributed by atoms with Gasteiger partial charge in [-0.3, -0.25) is 0 Å². The van der Waals surface area contributed by atoms with Crippen LogP contribution in [0.3, 0.4) is 0 Å². The molecule has 0 nitrogen and oxygen atoms in total. The predicted octanol–water partition coefficient (Wildman–Crippen LogP) is 3.82. The quantitative estimate of drug-likeness (QED) is 0.496. The molecule has 11 heavy (non-hydrogen) atoms. The Bertz CT molecular complexity index is 113. The predicted molar refractivity (Wildman–Crippen MR) is 50.3 cm³/mol. The van der Waals surface area contributed by atoms with Gasteiger partial charge in [0.1, 0.15) is 0 Å². The molecule has 0 aliphatic heterocycles. The van der Waals surface area contributed by atoms with Gasteiger partial charge in [0.05, 0.1) is 0 Å². The summed E-state index contributed by atoms with van der Waals surface area (Å²) in [5, 5.41) is 0. The first-order chi connectivity index (χ1) is 5.13. The molecule has 0 aromatic carbocycles. The van der Waals surface area contributed by atoms with Crippen molar-refractivity contribution in [3.63, 3.8) is 0 Å². The Hall–Kier alpha value is 0. The monoisotopic (exact) mass is 153 g/mol. The third-order valence-electron chi connectivity index (χ3n) is 3.32. The number of hydrogen-bond donors (Lipinski definition) is 0. The van der Waals surface area contributed by atoms with Crippen LogP contribution in [-0.4, -0.2) is 0 Å². The molecule has 1 radical (unpaired) electrons. The van der Waals surface area contributed by atoms with E-state index >= 15 is 0 Å². The van der Waals surface area contributed by atoms with Gasteiger partial charge in [-0.05, 0) is 24.7 Å². The first-order valence-corrected chi connectivity index (χ1v) is 4.98. The number of rotatable bonds is 0. The summed E-state index contributed by atoms with van der Waals surface area (Å²) in [7, 11) is 0. The lowest BCUT2D eigenvalue weighted by Gasteiger charge is -2.33. The van der Waals surface area contributed by atoms with Crippen LogP contribution in [0.5, 0.6) is 0 Å². The highest BCUT2D eigenvalue weighted by Crippen LogP contribution is 2.37. The second-order valence-corrected chi connectivity index (χ2v) is 4.51. The largest absolute Gasteiger partial charge is 0.0620 e.